The van der Waals surface area contributed by atoms with Gasteiger partial charge in [-0.2, -0.15) is 0 Å². The maximum atomic E-state index is 12.1. The van der Waals surface area contributed by atoms with Gasteiger partial charge in [-0.15, -0.1) is 11.3 Å². The lowest BCUT2D eigenvalue weighted by molar-refractivity contribution is -0.117. The number of amides is 1. The molecule has 6 heteroatoms. The summed E-state index contributed by atoms with van der Waals surface area (Å²) in [6.45, 7) is 9.83. The van der Waals surface area contributed by atoms with Gasteiger partial charge in [0.05, 0.1) is 18.2 Å². The average molecular weight is 312 g/mol. The van der Waals surface area contributed by atoms with Gasteiger partial charge in [-0.05, 0) is 38.7 Å². The van der Waals surface area contributed by atoms with Gasteiger partial charge in [0.25, 0.3) is 0 Å². The Morgan fingerprint density at radius 3 is 2.48 bits per heavy atom. The molecule has 0 unspecified atom stereocenters. The molecular formula is C15H24N2O3S. The Hall–Kier alpha value is -1.40. The van der Waals surface area contributed by atoms with E-state index in [1.807, 2.05) is 27.7 Å². The molecule has 1 rings (SSSR count). The van der Waals surface area contributed by atoms with E-state index in [0.717, 1.165) is 10.4 Å². The predicted octanol–water partition coefficient (Wildman–Crippen LogP) is 2.85. The molecular weight excluding hydrogens is 288 g/mol. The molecule has 1 amide bonds. The highest BCUT2D eigenvalue weighted by molar-refractivity contribution is 7.16. The molecule has 0 spiro atoms. The molecule has 5 nitrogen and oxygen atoms in total. The van der Waals surface area contributed by atoms with Crippen LogP contribution < -0.4 is 11.1 Å². The zero-order valence-corrected chi connectivity index (χ0v) is 14.1. The van der Waals surface area contributed by atoms with Gasteiger partial charge in [-0.1, -0.05) is 13.8 Å². The van der Waals surface area contributed by atoms with Gasteiger partial charge >= 0.3 is 5.97 Å². The lowest BCUT2D eigenvalue weighted by Crippen LogP contribution is -2.36. The molecule has 0 saturated carbocycles. The van der Waals surface area contributed by atoms with Crippen molar-refractivity contribution < 1.29 is 14.3 Å². The van der Waals surface area contributed by atoms with Crippen LogP contribution in [0.25, 0.3) is 0 Å². The molecule has 21 heavy (non-hydrogen) atoms. The fraction of sp³-hybridized carbons (Fsp3) is 0.600. The maximum Gasteiger partial charge on any atom is 0.341 e. The maximum absolute atomic E-state index is 12.1. The van der Waals surface area contributed by atoms with Crippen LogP contribution in [0.1, 0.15) is 48.0 Å². The summed E-state index contributed by atoms with van der Waals surface area (Å²) in [5, 5.41) is 3.29. The number of carbonyl (C=O) groups is 2. The molecule has 0 saturated heterocycles. The molecule has 1 atom stereocenters. The number of anilines is 1. The van der Waals surface area contributed by atoms with Crippen molar-refractivity contribution in [2.75, 3.05) is 11.9 Å². The van der Waals surface area contributed by atoms with Crippen LogP contribution >= 0.6 is 11.3 Å². The summed E-state index contributed by atoms with van der Waals surface area (Å²) in [6.07, 6.45) is 0.601. The van der Waals surface area contributed by atoms with Crippen molar-refractivity contribution >= 4 is 28.2 Å². The highest BCUT2D eigenvalue weighted by Gasteiger charge is 2.24. The molecule has 0 aliphatic heterocycles. The Bertz CT molecular complexity index is 523. The minimum atomic E-state index is -0.581. The van der Waals surface area contributed by atoms with Crippen molar-refractivity contribution in [1.29, 1.82) is 0 Å². The van der Waals surface area contributed by atoms with Gasteiger partial charge in [0.2, 0.25) is 5.91 Å². The van der Waals surface area contributed by atoms with Crippen molar-refractivity contribution in [2.45, 2.75) is 47.1 Å². The molecule has 0 aliphatic carbocycles. The summed E-state index contributed by atoms with van der Waals surface area (Å²) in [4.78, 5) is 25.1. The molecule has 0 fully saturated rings. The van der Waals surface area contributed by atoms with E-state index < -0.39 is 12.0 Å². The third-order valence-corrected chi connectivity index (χ3v) is 4.29. The number of aryl methyl sites for hydroxylation is 1. The van der Waals surface area contributed by atoms with E-state index >= 15 is 0 Å². The SMILES string of the molecule is CCOC(=O)c1c(NC(=O)[C@H](N)CC(C)C)sc(C)c1C. The van der Waals surface area contributed by atoms with Gasteiger partial charge < -0.3 is 15.8 Å². The van der Waals surface area contributed by atoms with Gasteiger partial charge in [0.15, 0.2) is 0 Å². The van der Waals surface area contributed by atoms with Crippen LogP contribution in [-0.4, -0.2) is 24.5 Å². The number of thiophene rings is 1. The minimum Gasteiger partial charge on any atom is -0.462 e. The first-order valence-corrected chi connectivity index (χ1v) is 7.93. The van der Waals surface area contributed by atoms with Gasteiger partial charge in [0, 0.05) is 4.88 Å². The average Bonchev–Trinajstić information content (AvgIpc) is 2.64. The van der Waals surface area contributed by atoms with Crippen molar-refractivity contribution in [3.05, 3.63) is 16.0 Å². The third kappa shape index (κ3) is 4.54. The Morgan fingerprint density at radius 2 is 1.95 bits per heavy atom. The molecule has 1 aromatic rings. The molecule has 3 N–H and O–H groups in total. The van der Waals surface area contributed by atoms with Crippen molar-refractivity contribution in [3.63, 3.8) is 0 Å². The lowest BCUT2D eigenvalue weighted by atomic mass is 10.0. The summed E-state index contributed by atoms with van der Waals surface area (Å²) in [5.41, 5.74) is 7.15. The number of nitrogens with two attached hydrogens (primary N) is 1. The predicted molar refractivity (Wildman–Crippen MR) is 85.8 cm³/mol. The van der Waals surface area contributed by atoms with Crippen LogP contribution in [0.2, 0.25) is 0 Å². The Balaban J connectivity index is 2.95. The second-order valence-electron chi connectivity index (χ2n) is 5.43. The van der Waals surface area contributed by atoms with Crippen LogP contribution in [0.5, 0.6) is 0 Å². The Morgan fingerprint density at radius 1 is 1.33 bits per heavy atom. The highest BCUT2D eigenvalue weighted by atomic mass is 32.1. The minimum absolute atomic E-state index is 0.268. The van der Waals surface area contributed by atoms with E-state index in [9.17, 15) is 9.59 Å². The van der Waals surface area contributed by atoms with E-state index in [4.69, 9.17) is 10.5 Å². The summed E-state index contributed by atoms with van der Waals surface area (Å²) < 4.78 is 5.05. The van der Waals surface area contributed by atoms with E-state index in [1.165, 1.54) is 11.3 Å². The van der Waals surface area contributed by atoms with Gasteiger partial charge in [-0.3, -0.25) is 4.79 Å². The van der Waals surface area contributed by atoms with Crippen molar-refractivity contribution in [1.82, 2.24) is 0 Å². The summed E-state index contributed by atoms with van der Waals surface area (Å²) in [6, 6.07) is -0.581. The van der Waals surface area contributed by atoms with E-state index in [-0.39, 0.29) is 5.91 Å². The summed E-state index contributed by atoms with van der Waals surface area (Å²) >= 11 is 1.37. The van der Waals surface area contributed by atoms with E-state index in [2.05, 4.69) is 5.32 Å². The highest BCUT2D eigenvalue weighted by Crippen LogP contribution is 2.33. The number of nitrogens with one attached hydrogen (secondary N) is 1. The van der Waals surface area contributed by atoms with Crippen molar-refractivity contribution in [2.24, 2.45) is 11.7 Å². The normalized spacial score (nSPS) is 12.3. The Labute approximate surface area is 129 Å². The van der Waals surface area contributed by atoms with Crippen molar-refractivity contribution in [3.8, 4) is 0 Å². The van der Waals surface area contributed by atoms with Gasteiger partial charge in [-0.25, -0.2) is 4.79 Å². The van der Waals surface area contributed by atoms with Gasteiger partial charge in [0.1, 0.15) is 5.00 Å². The molecule has 0 radical (unpaired) electrons. The second kappa shape index (κ2) is 7.56. The smallest absolute Gasteiger partial charge is 0.341 e. The standard InChI is InChI=1S/C15H24N2O3S/c1-6-20-15(19)12-9(4)10(5)21-14(12)17-13(18)11(16)7-8(2)3/h8,11H,6-7,16H2,1-5H3,(H,17,18)/t11-/m1/s1. The fourth-order valence-corrected chi connectivity index (χ4v) is 3.04. The first-order chi connectivity index (χ1) is 9.77. The monoisotopic (exact) mass is 312 g/mol. The largest absolute Gasteiger partial charge is 0.462 e. The zero-order valence-electron chi connectivity index (χ0n) is 13.3. The van der Waals surface area contributed by atoms with Crippen LogP contribution in [0.3, 0.4) is 0 Å². The first kappa shape index (κ1) is 17.7. The second-order valence-corrected chi connectivity index (χ2v) is 6.66. The number of hydrogen-bond acceptors (Lipinski definition) is 5. The number of esters is 1. The fourth-order valence-electron chi connectivity index (χ4n) is 1.98. The summed E-state index contributed by atoms with van der Waals surface area (Å²) in [5.74, 6) is -0.343. The quantitative estimate of drug-likeness (QED) is 0.791. The lowest BCUT2D eigenvalue weighted by Gasteiger charge is -2.14. The number of carbonyl (C=O) groups excluding carboxylic acids is 2. The van der Waals surface area contributed by atoms with E-state index in [1.54, 1.807) is 6.92 Å². The molecule has 0 aromatic carbocycles. The third-order valence-electron chi connectivity index (χ3n) is 3.16. The number of ether oxygens (including phenoxy) is 1. The first-order valence-electron chi connectivity index (χ1n) is 7.11. The van der Waals surface area contributed by atoms with Crippen LogP contribution in [-0.2, 0) is 9.53 Å². The molecule has 0 bridgehead atoms. The molecule has 1 heterocycles. The molecule has 1 aromatic heterocycles. The number of rotatable bonds is 6. The topological polar surface area (TPSA) is 81.4 Å². The number of hydrogen-bond donors (Lipinski definition) is 2. The van der Waals surface area contributed by atoms with Crippen LogP contribution in [0, 0.1) is 19.8 Å². The van der Waals surface area contributed by atoms with Crippen LogP contribution in [0.15, 0.2) is 0 Å². The Kier molecular flexibility index (Phi) is 6.36. The van der Waals surface area contributed by atoms with Crippen LogP contribution in [0.4, 0.5) is 5.00 Å². The molecule has 0 aliphatic rings. The summed E-state index contributed by atoms with van der Waals surface area (Å²) in [7, 11) is 0. The zero-order chi connectivity index (χ0) is 16.2. The molecule has 118 valence electrons. The van der Waals surface area contributed by atoms with E-state index in [0.29, 0.717) is 29.5 Å².